The molecule has 0 radical (unpaired) electrons. The van der Waals surface area contributed by atoms with E-state index in [-0.39, 0.29) is 11.9 Å². The van der Waals surface area contributed by atoms with Crippen LogP contribution in [0.2, 0.25) is 0 Å². The van der Waals surface area contributed by atoms with Crippen molar-refractivity contribution in [2.75, 3.05) is 12.4 Å². The Balaban J connectivity index is 2.05. The third kappa shape index (κ3) is 4.12. The summed E-state index contributed by atoms with van der Waals surface area (Å²) in [5.74, 6) is 0.583. The van der Waals surface area contributed by atoms with Gasteiger partial charge in [0.25, 0.3) is 0 Å². The monoisotopic (exact) mass is 323 g/mol. The molecule has 0 saturated heterocycles. The molecule has 0 aliphatic carbocycles. The first kappa shape index (κ1) is 17.5. The second-order valence-electron chi connectivity index (χ2n) is 5.50. The van der Waals surface area contributed by atoms with Crippen LogP contribution >= 0.6 is 0 Å². The Morgan fingerprint density at radius 3 is 2.50 bits per heavy atom. The summed E-state index contributed by atoms with van der Waals surface area (Å²) < 4.78 is 5.36. The number of benzene rings is 2. The fourth-order valence-electron chi connectivity index (χ4n) is 2.50. The highest BCUT2D eigenvalue weighted by Crippen LogP contribution is 2.24. The summed E-state index contributed by atoms with van der Waals surface area (Å²) in [6, 6.07) is 16.2. The Bertz CT molecular complexity index is 752. The minimum atomic E-state index is -0.434. The molecule has 0 aliphatic rings. The first-order chi connectivity index (χ1) is 11.6. The zero-order valence-corrected chi connectivity index (χ0v) is 14.0. The topological polar surface area (TPSA) is 74.2 Å². The molecule has 0 aliphatic heterocycles. The number of nitrogens with zero attached hydrogens (tertiary/aromatic N) is 1. The van der Waals surface area contributed by atoms with E-state index < -0.39 is 6.04 Å². The van der Waals surface area contributed by atoms with Gasteiger partial charge >= 0.3 is 0 Å². The fourth-order valence-corrected chi connectivity index (χ4v) is 2.50. The van der Waals surface area contributed by atoms with E-state index in [2.05, 4.69) is 16.7 Å². The molecule has 2 N–H and O–H groups in total. The Morgan fingerprint density at radius 1 is 1.12 bits per heavy atom. The minimum Gasteiger partial charge on any atom is -0.496 e. The van der Waals surface area contributed by atoms with Gasteiger partial charge in [0.15, 0.2) is 0 Å². The maximum atomic E-state index is 12.4. The number of carbonyl (C=O) groups excluding carboxylic acids is 1. The second kappa shape index (κ2) is 8.14. The molecule has 2 aromatic carbocycles. The standard InChI is InChI=1S/C19H21N3O2/c1-13(16-9-5-7-11-18(16)24-3)21-14(2)19(23)22-17-10-6-4-8-15(17)12-20/h4-11,13-14,21H,1-3H3,(H,22,23)/t13-,14-/m1/s1. The molecule has 1 amide bonds. The molecule has 0 heterocycles. The van der Waals surface area contributed by atoms with Crippen molar-refractivity contribution in [3.05, 3.63) is 59.7 Å². The lowest BCUT2D eigenvalue weighted by Crippen LogP contribution is -2.39. The number of nitriles is 1. The van der Waals surface area contributed by atoms with E-state index in [0.29, 0.717) is 11.3 Å². The van der Waals surface area contributed by atoms with Crippen LogP contribution < -0.4 is 15.4 Å². The van der Waals surface area contributed by atoms with Crippen molar-refractivity contribution < 1.29 is 9.53 Å². The van der Waals surface area contributed by atoms with Crippen molar-refractivity contribution in [2.45, 2.75) is 25.9 Å². The van der Waals surface area contributed by atoms with Crippen molar-refractivity contribution in [3.63, 3.8) is 0 Å². The Morgan fingerprint density at radius 2 is 1.79 bits per heavy atom. The first-order valence-corrected chi connectivity index (χ1v) is 7.75. The highest BCUT2D eigenvalue weighted by Gasteiger charge is 2.19. The number of ether oxygens (including phenoxy) is 1. The van der Waals surface area contributed by atoms with Crippen LogP contribution in [0.25, 0.3) is 0 Å². The number of carbonyl (C=O) groups is 1. The maximum absolute atomic E-state index is 12.4. The average Bonchev–Trinajstić information content (AvgIpc) is 2.61. The summed E-state index contributed by atoms with van der Waals surface area (Å²) in [6.45, 7) is 3.76. The van der Waals surface area contributed by atoms with Gasteiger partial charge in [0, 0.05) is 11.6 Å². The molecular formula is C19H21N3O2. The van der Waals surface area contributed by atoms with E-state index in [1.54, 1.807) is 38.3 Å². The molecule has 5 nitrogen and oxygen atoms in total. The highest BCUT2D eigenvalue weighted by molar-refractivity contribution is 5.95. The normalized spacial score (nSPS) is 12.8. The molecule has 2 rings (SSSR count). The third-order valence-electron chi connectivity index (χ3n) is 3.80. The lowest BCUT2D eigenvalue weighted by molar-refractivity contribution is -0.117. The zero-order valence-electron chi connectivity index (χ0n) is 14.0. The molecule has 0 fully saturated rings. The molecule has 124 valence electrons. The van der Waals surface area contributed by atoms with Crippen LogP contribution in [0.1, 0.15) is 31.0 Å². The summed E-state index contributed by atoms with van der Waals surface area (Å²) in [7, 11) is 1.63. The van der Waals surface area contributed by atoms with Gasteiger partial charge < -0.3 is 10.1 Å². The molecule has 2 aromatic rings. The van der Waals surface area contributed by atoms with Crippen molar-refractivity contribution in [1.29, 1.82) is 5.26 Å². The second-order valence-corrected chi connectivity index (χ2v) is 5.50. The number of methoxy groups -OCH3 is 1. The largest absolute Gasteiger partial charge is 0.496 e. The van der Waals surface area contributed by atoms with Gasteiger partial charge in [-0.25, -0.2) is 0 Å². The molecule has 2 atom stereocenters. The molecule has 0 unspecified atom stereocenters. The van der Waals surface area contributed by atoms with E-state index in [0.717, 1.165) is 11.3 Å². The van der Waals surface area contributed by atoms with Gasteiger partial charge in [-0.2, -0.15) is 5.26 Å². The van der Waals surface area contributed by atoms with Crippen LogP contribution in [0, 0.1) is 11.3 Å². The van der Waals surface area contributed by atoms with E-state index in [1.807, 2.05) is 31.2 Å². The molecular weight excluding hydrogens is 302 g/mol. The fraction of sp³-hybridized carbons (Fsp3) is 0.263. The summed E-state index contributed by atoms with van der Waals surface area (Å²) in [5, 5.41) is 15.1. The van der Waals surface area contributed by atoms with Gasteiger partial charge in [0.1, 0.15) is 11.8 Å². The van der Waals surface area contributed by atoms with Gasteiger partial charge in [-0.1, -0.05) is 30.3 Å². The molecule has 0 saturated carbocycles. The Labute approximate surface area is 142 Å². The first-order valence-electron chi connectivity index (χ1n) is 7.75. The van der Waals surface area contributed by atoms with Gasteiger partial charge in [-0.15, -0.1) is 0 Å². The van der Waals surface area contributed by atoms with Gasteiger partial charge in [-0.05, 0) is 32.0 Å². The number of amides is 1. The number of hydrogen-bond acceptors (Lipinski definition) is 4. The van der Waals surface area contributed by atoms with E-state index in [9.17, 15) is 4.79 Å². The van der Waals surface area contributed by atoms with E-state index >= 15 is 0 Å². The quantitative estimate of drug-likeness (QED) is 0.856. The molecule has 24 heavy (non-hydrogen) atoms. The number of nitrogens with one attached hydrogen (secondary N) is 2. The predicted molar refractivity (Wildman–Crippen MR) is 93.8 cm³/mol. The van der Waals surface area contributed by atoms with Crippen molar-refractivity contribution in [1.82, 2.24) is 5.32 Å². The average molecular weight is 323 g/mol. The number of rotatable bonds is 6. The Hall–Kier alpha value is -2.84. The Kier molecular flexibility index (Phi) is 5.94. The number of para-hydroxylation sites is 2. The van der Waals surface area contributed by atoms with Crippen LogP contribution in [0.15, 0.2) is 48.5 Å². The van der Waals surface area contributed by atoms with Crippen LogP contribution in [0.3, 0.4) is 0 Å². The SMILES string of the molecule is COc1ccccc1[C@@H](C)N[C@H](C)C(=O)Nc1ccccc1C#N. The van der Waals surface area contributed by atoms with Crippen molar-refractivity contribution in [3.8, 4) is 11.8 Å². The van der Waals surface area contributed by atoms with Crippen molar-refractivity contribution in [2.24, 2.45) is 0 Å². The van der Waals surface area contributed by atoms with Gasteiger partial charge in [-0.3, -0.25) is 10.1 Å². The summed E-state index contributed by atoms with van der Waals surface area (Å²) >= 11 is 0. The lowest BCUT2D eigenvalue weighted by atomic mass is 10.1. The summed E-state index contributed by atoms with van der Waals surface area (Å²) in [4.78, 5) is 12.4. The molecule has 0 bridgehead atoms. The van der Waals surface area contributed by atoms with Crippen LogP contribution in [0.4, 0.5) is 5.69 Å². The van der Waals surface area contributed by atoms with Crippen LogP contribution in [-0.2, 0) is 4.79 Å². The van der Waals surface area contributed by atoms with Gasteiger partial charge in [0.05, 0.1) is 24.4 Å². The summed E-state index contributed by atoms with van der Waals surface area (Å²) in [6.07, 6.45) is 0. The van der Waals surface area contributed by atoms with Crippen LogP contribution in [0.5, 0.6) is 5.75 Å². The maximum Gasteiger partial charge on any atom is 0.241 e. The number of anilines is 1. The smallest absolute Gasteiger partial charge is 0.241 e. The molecule has 0 aromatic heterocycles. The highest BCUT2D eigenvalue weighted by atomic mass is 16.5. The summed E-state index contributed by atoms with van der Waals surface area (Å²) in [5.41, 5.74) is 1.94. The lowest BCUT2D eigenvalue weighted by Gasteiger charge is -2.21. The zero-order chi connectivity index (χ0) is 17.5. The number of hydrogen-bond donors (Lipinski definition) is 2. The molecule has 5 heteroatoms. The van der Waals surface area contributed by atoms with E-state index in [4.69, 9.17) is 10.00 Å². The van der Waals surface area contributed by atoms with Crippen molar-refractivity contribution >= 4 is 11.6 Å². The van der Waals surface area contributed by atoms with Gasteiger partial charge in [0.2, 0.25) is 5.91 Å². The third-order valence-corrected chi connectivity index (χ3v) is 3.80. The van der Waals surface area contributed by atoms with Crippen LogP contribution in [-0.4, -0.2) is 19.1 Å². The predicted octanol–water partition coefficient (Wildman–Crippen LogP) is 3.24. The molecule has 0 spiro atoms. The minimum absolute atomic E-state index is 0.0619. The van der Waals surface area contributed by atoms with E-state index in [1.165, 1.54) is 0 Å².